The van der Waals surface area contributed by atoms with Gasteiger partial charge in [-0.15, -0.1) is 0 Å². The van der Waals surface area contributed by atoms with E-state index < -0.39 is 29.5 Å². The number of sulfone groups is 2. The molecule has 0 heterocycles. The van der Waals surface area contributed by atoms with Gasteiger partial charge in [-0.25, -0.2) is 16.8 Å². The Hall–Kier alpha value is -3.33. The van der Waals surface area contributed by atoms with Crippen molar-refractivity contribution in [3.05, 3.63) is 32.6 Å². The van der Waals surface area contributed by atoms with Crippen molar-refractivity contribution in [3.63, 3.8) is 0 Å². The van der Waals surface area contributed by atoms with Gasteiger partial charge in [0.1, 0.15) is 28.0 Å². The molecule has 0 saturated carbocycles. The Balaban J connectivity index is 4.29. The van der Waals surface area contributed by atoms with Crippen LogP contribution in [0.3, 0.4) is 0 Å². The zero-order chi connectivity index (χ0) is 23.4. The lowest BCUT2D eigenvalue weighted by Crippen LogP contribution is -2.18. The Morgan fingerprint density at radius 1 is 0.800 bits per heavy atom. The molecule has 1 aromatic carbocycles. The highest BCUT2D eigenvalue weighted by atomic mass is 32.2. The van der Waals surface area contributed by atoms with E-state index in [0.29, 0.717) is 11.4 Å². The molecule has 11 heteroatoms. The van der Waals surface area contributed by atoms with E-state index in [1.165, 1.54) is 6.07 Å². The quantitative estimate of drug-likeness (QED) is 0.592. The molecule has 158 valence electrons. The fraction of sp³-hybridized carbons (Fsp3) is 0.316. The standard InChI is InChI=1S/C19H21N5O4S2/c1-23(2)18-13(8-15(10-20)29(5,25)26)7-14(9-16(11-21)30(6,27)28)19(24(3)4)17(18)12-22/h7-9H,1-6H3. The van der Waals surface area contributed by atoms with Gasteiger partial charge in [-0.3, -0.25) is 0 Å². The van der Waals surface area contributed by atoms with Crippen molar-refractivity contribution in [3.8, 4) is 18.2 Å². The lowest BCUT2D eigenvalue weighted by Gasteiger charge is -2.25. The molecular weight excluding hydrogens is 426 g/mol. The Bertz CT molecular complexity index is 1180. The lowest BCUT2D eigenvalue weighted by molar-refractivity contribution is 0.607. The lowest BCUT2D eigenvalue weighted by atomic mass is 9.97. The van der Waals surface area contributed by atoms with Crippen LogP contribution in [0.4, 0.5) is 11.4 Å². The van der Waals surface area contributed by atoms with Crippen molar-refractivity contribution in [2.75, 3.05) is 50.5 Å². The Kier molecular flexibility index (Phi) is 7.41. The number of nitrogens with zero attached hydrogens (tertiary/aromatic N) is 5. The van der Waals surface area contributed by atoms with Gasteiger partial charge in [-0.1, -0.05) is 0 Å². The molecule has 0 aliphatic heterocycles. The predicted octanol–water partition coefficient (Wildman–Crippen LogP) is 1.51. The van der Waals surface area contributed by atoms with Gasteiger partial charge in [-0.05, 0) is 18.2 Å². The van der Waals surface area contributed by atoms with Crippen molar-refractivity contribution in [1.82, 2.24) is 0 Å². The number of nitriles is 3. The molecule has 0 N–H and O–H groups in total. The molecule has 0 spiro atoms. The molecule has 0 aliphatic carbocycles. The summed E-state index contributed by atoms with van der Waals surface area (Å²) >= 11 is 0. The second kappa shape index (κ2) is 9.00. The predicted molar refractivity (Wildman–Crippen MR) is 117 cm³/mol. The second-order valence-corrected chi connectivity index (χ2v) is 10.8. The average Bonchev–Trinajstić information content (AvgIpc) is 2.60. The van der Waals surface area contributed by atoms with Crippen LogP contribution in [0.15, 0.2) is 15.9 Å². The monoisotopic (exact) mass is 447 g/mol. The molecule has 0 aromatic heterocycles. The zero-order valence-corrected chi connectivity index (χ0v) is 19.1. The van der Waals surface area contributed by atoms with E-state index >= 15 is 0 Å². The molecule has 0 bridgehead atoms. The third kappa shape index (κ3) is 5.38. The zero-order valence-electron chi connectivity index (χ0n) is 17.4. The molecule has 0 atom stereocenters. The van der Waals surface area contributed by atoms with E-state index in [1.54, 1.807) is 50.1 Å². The van der Waals surface area contributed by atoms with Gasteiger partial charge in [0.25, 0.3) is 0 Å². The Morgan fingerprint density at radius 2 is 1.13 bits per heavy atom. The van der Waals surface area contributed by atoms with Gasteiger partial charge in [0.05, 0.1) is 16.9 Å². The number of hydrogen-bond donors (Lipinski definition) is 0. The maximum Gasteiger partial charge on any atom is 0.185 e. The maximum atomic E-state index is 11.9. The summed E-state index contributed by atoms with van der Waals surface area (Å²) in [6, 6.07) is 6.75. The van der Waals surface area contributed by atoms with Crippen molar-refractivity contribution >= 4 is 43.2 Å². The topological polar surface area (TPSA) is 146 Å². The van der Waals surface area contributed by atoms with Gasteiger partial charge in [0, 0.05) is 51.8 Å². The van der Waals surface area contributed by atoms with Gasteiger partial charge >= 0.3 is 0 Å². The molecule has 1 aromatic rings. The first-order valence-corrected chi connectivity index (χ1v) is 12.1. The minimum Gasteiger partial charge on any atom is -0.376 e. The average molecular weight is 448 g/mol. The van der Waals surface area contributed by atoms with Crippen LogP contribution in [-0.4, -0.2) is 57.5 Å². The van der Waals surface area contributed by atoms with Crippen molar-refractivity contribution < 1.29 is 16.8 Å². The fourth-order valence-electron chi connectivity index (χ4n) is 2.72. The van der Waals surface area contributed by atoms with E-state index in [9.17, 15) is 32.6 Å². The van der Waals surface area contributed by atoms with Gasteiger partial charge in [0.2, 0.25) is 0 Å². The number of allylic oxidation sites excluding steroid dienone is 2. The summed E-state index contributed by atoms with van der Waals surface area (Å²) in [6.45, 7) is 0. The number of hydrogen-bond acceptors (Lipinski definition) is 9. The number of rotatable bonds is 6. The highest BCUT2D eigenvalue weighted by Gasteiger charge is 2.22. The summed E-state index contributed by atoms with van der Waals surface area (Å²) in [5.41, 5.74) is 1.23. The van der Waals surface area contributed by atoms with Crippen LogP contribution >= 0.6 is 0 Å². The second-order valence-electron chi connectivity index (χ2n) is 6.81. The van der Waals surface area contributed by atoms with Gasteiger partial charge in [-0.2, -0.15) is 15.8 Å². The molecule has 0 unspecified atom stereocenters. The van der Waals surface area contributed by atoms with E-state index in [1.807, 2.05) is 0 Å². The van der Waals surface area contributed by atoms with Crippen LogP contribution in [0.1, 0.15) is 16.7 Å². The maximum absolute atomic E-state index is 11.9. The Morgan fingerprint density at radius 3 is 1.33 bits per heavy atom. The highest BCUT2D eigenvalue weighted by Crippen LogP contribution is 2.38. The Labute approximate surface area is 177 Å². The molecule has 0 amide bonds. The van der Waals surface area contributed by atoms with Crippen molar-refractivity contribution in [2.45, 2.75) is 0 Å². The van der Waals surface area contributed by atoms with Crippen LogP contribution in [0.25, 0.3) is 12.2 Å². The van der Waals surface area contributed by atoms with Gasteiger partial charge < -0.3 is 9.80 Å². The summed E-state index contributed by atoms with van der Waals surface area (Å²) in [4.78, 5) is 2.13. The van der Waals surface area contributed by atoms with Crippen LogP contribution in [0.5, 0.6) is 0 Å². The minimum atomic E-state index is -3.84. The van der Waals surface area contributed by atoms with Crippen LogP contribution in [-0.2, 0) is 19.7 Å². The molecule has 1 rings (SSSR count). The summed E-state index contributed by atoms with van der Waals surface area (Å²) in [5, 5.41) is 28.4. The minimum absolute atomic E-state index is 0.126. The first kappa shape index (κ1) is 24.7. The number of benzene rings is 1. The summed E-state index contributed by atoms with van der Waals surface area (Å²) < 4.78 is 47.6. The summed E-state index contributed by atoms with van der Waals surface area (Å²) in [6.07, 6.45) is 4.01. The molecule has 0 aliphatic rings. The molecule has 9 nitrogen and oxygen atoms in total. The SMILES string of the molecule is CN(C)c1c(C=C(C#N)S(C)(=O)=O)cc(C=C(C#N)S(C)(=O)=O)c(N(C)C)c1C#N. The molecule has 0 fully saturated rings. The van der Waals surface area contributed by atoms with E-state index in [2.05, 4.69) is 6.07 Å². The number of anilines is 2. The molecule has 0 radical (unpaired) electrons. The summed E-state index contributed by atoms with van der Waals surface area (Å²) in [7, 11) is -1.10. The van der Waals surface area contributed by atoms with E-state index in [-0.39, 0.29) is 16.7 Å². The molecule has 30 heavy (non-hydrogen) atoms. The smallest absolute Gasteiger partial charge is 0.185 e. The first-order chi connectivity index (χ1) is 13.7. The largest absolute Gasteiger partial charge is 0.376 e. The highest BCUT2D eigenvalue weighted by molar-refractivity contribution is 7.95. The van der Waals surface area contributed by atoms with Crippen LogP contribution in [0, 0.1) is 34.0 Å². The normalized spacial score (nSPS) is 12.5. The fourth-order valence-corrected chi connectivity index (χ4v) is 3.74. The van der Waals surface area contributed by atoms with Crippen molar-refractivity contribution in [1.29, 1.82) is 15.8 Å². The third-order valence-corrected chi connectivity index (χ3v) is 5.95. The van der Waals surface area contributed by atoms with Gasteiger partial charge in [0.15, 0.2) is 19.7 Å². The summed E-state index contributed by atoms with van der Waals surface area (Å²) in [5.74, 6) is 0. The van der Waals surface area contributed by atoms with Crippen molar-refractivity contribution in [2.24, 2.45) is 0 Å². The van der Waals surface area contributed by atoms with Crippen LogP contribution < -0.4 is 9.80 Å². The van der Waals surface area contributed by atoms with E-state index in [0.717, 1.165) is 24.7 Å². The van der Waals surface area contributed by atoms with Crippen LogP contribution in [0.2, 0.25) is 0 Å². The first-order valence-electron chi connectivity index (χ1n) is 8.28. The van der Waals surface area contributed by atoms with E-state index in [4.69, 9.17) is 0 Å². The molecule has 0 saturated heterocycles. The molecular formula is C19H21N5O4S2. The third-order valence-electron chi connectivity index (χ3n) is 3.93.